The zero-order valence-electron chi connectivity index (χ0n) is 14.4. The molecule has 1 rings (SSSR count). The van der Waals surface area contributed by atoms with Crippen molar-refractivity contribution >= 4 is 6.09 Å². The summed E-state index contributed by atoms with van der Waals surface area (Å²) in [6.07, 6.45) is 0.290. The van der Waals surface area contributed by atoms with E-state index in [1.165, 1.54) is 0 Å². The molecule has 0 saturated heterocycles. The highest BCUT2D eigenvalue weighted by molar-refractivity contribution is 5.67. The molecule has 0 aromatic heterocycles. The molecule has 0 spiro atoms. The van der Waals surface area contributed by atoms with Crippen molar-refractivity contribution in [3.63, 3.8) is 0 Å². The average molecular weight is 325 g/mol. The Hall–Kier alpha value is -1.79. The summed E-state index contributed by atoms with van der Waals surface area (Å²) < 4.78 is 20.9. The molecule has 6 heteroatoms. The first-order valence-electron chi connectivity index (χ1n) is 7.66. The van der Waals surface area contributed by atoms with Crippen molar-refractivity contribution in [1.82, 2.24) is 5.32 Å². The number of carbonyl (C=O) groups excluding carboxylic acids is 1. The maximum Gasteiger partial charge on any atom is 0.407 e. The fourth-order valence-electron chi connectivity index (χ4n) is 1.73. The molecule has 0 fully saturated rings. The Kier molecular flexibility index (Phi) is 8.43. The highest BCUT2D eigenvalue weighted by Crippen LogP contribution is 2.14. The van der Waals surface area contributed by atoms with Crippen LogP contribution in [0.5, 0.6) is 5.75 Å². The number of ether oxygens (including phenoxy) is 4. The van der Waals surface area contributed by atoms with E-state index in [2.05, 4.69) is 5.32 Å². The van der Waals surface area contributed by atoms with Gasteiger partial charge in [0.25, 0.3) is 0 Å². The van der Waals surface area contributed by atoms with E-state index in [1.807, 2.05) is 45.0 Å². The summed E-state index contributed by atoms with van der Waals surface area (Å²) in [5, 5.41) is 2.70. The number of hydrogen-bond acceptors (Lipinski definition) is 5. The highest BCUT2D eigenvalue weighted by atomic mass is 16.7. The second kappa shape index (κ2) is 10.1. The third kappa shape index (κ3) is 9.76. The Morgan fingerprint density at radius 1 is 1.26 bits per heavy atom. The van der Waals surface area contributed by atoms with Crippen molar-refractivity contribution < 1.29 is 23.7 Å². The number of amides is 1. The van der Waals surface area contributed by atoms with E-state index >= 15 is 0 Å². The van der Waals surface area contributed by atoms with Crippen LogP contribution in [0.25, 0.3) is 0 Å². The van der Waals surface area contributed by atoms with Crippen LogP contribution < -0.4 is 10.1 Å². The molecule has 0 bridgehead atoms. The lowest BCUT2D eigenvalue weighted by Crippen LogP contribution is -2.33. The first kappa shape index (κ1) is 19.3. The molecule has 23 heavy (non-hydrogen) atoms. The quantitative estimate of drug-likeness (QED) is 0.558. The molecule has 0 atom stereocenters. The molecule has 130 valence electrons. The van der Waals surface area contributed by atoms with Crippen molar-refractivity contribution in [2.24, 2.45) is 0 Å². The Morgan fingerprint density at radius 2 is 2.04 bits per heavy atom. The summed E-state index contributed by atoms with van der Waals surface area (Å²) in [4.78, 5) is 11.5. The standard InChI is InChI=1S/C17H27NO5/c1-17(2,3)23-16(19)18-9-6-10-22-15-8-5-7-14(11-15)12-21-13-20-4/h5,7-8,11H,6,9-10,12-13H2,1-4H3,(H,18,19). The summed E-state index contributed by atoms with van der Waals surface area (Å²) in [5.41, 5.74) is 0.540. The number of rotatable bonds is 9. The van der Waals surface area contributed by atoms with Crippen LogP contribution in [0.1, 0.15) is 32.8 Å². The third-order valence-corrected chi connectivity index (χ3v) is 2.63. The Balaban J connectivity index is 2.20. The molecule has 0 heterocycles. The van der Waals surface area contributed by atoms with Crippen LogP contribution in [0.15, 0.2) is 24.3 Å². The fourth-order valence-corrected chi connectivity index (χ4v) is 1.73. The van der Waals surface area contributed by atoms with E-state index in [0.29, 0.717) is 26.2 Å². The number of hydrogen-bond donors (Lipinski definition) is 1. The maximum atomic E-state index is 11.5. The van der Waals surface area contributed by atoms with E-state index in [-0.39, 0.29) is 6.79 Å². The second-order valence-corrected chi connectivity index (χ2v) is 6.03. The number of carbonyl (C=O) groups is 1. The fraction of sp³-hybridized carbons (Fsp3) is 0.588. The van der Waals surface area contributed by atoms with Gasteiger partial charge in [0.15, 0.2) is 0 Å². The Bertz CT molecular complexity index is 470. The van der Waals surface area contributed by atoms with Gasteiger partial charge in [-0.1, -0.05) is 12.1 Å². The molecule has 6 nitrogen and oxygen atoms in total. The van der Waals surface area contributed by atoms with Crippen molar-refractivity contribution in [2.75, 3.05) is 27.1 Å². The molecule has 0 saturated carbocycles. The Labute approximate surface area is 138 Å². The largest absolute Gasteiger partial charge is 0.494 e. The van der Waals surface area contributed by atoms with Gasteiger partial charge >= 0.3 is 6.09 Å². The molecule has 0 aliphatic heterocycles. The molecule has 0 radical (unpaired) electrons. The van der Waals surface area contributed by atoms with Gasteiger partial charge in [-0.15, -0.1) is 0 Å². The highest BCUT2D eigenvalue weighted by Gasteiger charge is 2.15. The van der Waals surface area contributed by atoms with Crippen LogP contribution in [0.2, 0.25) is 0 Å². The van der Waals surface area contributed by atoms with Crippen LogP contribution >= 0.6 is 0 Å². The van der Waals surface area contributed by atoms with Gasteiger partial charge in [0.1, 0.15) is 18.1 Å². The van der Waals surface area contributed by atoms with E-state index < -0.39 is 11.7 Å². The summed E-state index contributed by atoms with van der Waals surface area (Å²) in [6, 6.07) is 7.70. The molecule has 1 amide bonds. The van der Waals surface area contributed by atoms with Crippen molar-refractivity contribution in [3.05, 3.63) is 29.8 Å². The van der Waals surface area contributed by atoms with E-state index in [9.17, 15) is 4.79 Å². The van der Waals surface area contributed by atoms with E-state index in [1.54, 1.807) is 7.11 Å². The first-order chi connectivity index (χ1) is 10.9. The molecule has 0 aliphatic rings. The zero-order valence-corrected chi connectivity index (χ0v) is 14.4. The molecule has 1 N–H and O–H groups in total. The second-order valence-electron chi connectivity index (χ2n) is 6.03. The number of benzene rings is 1. The number of nitrogens with one attached hydrogen (secondary N) is 1. The SMILES string of the molecule is COCOCc1cccc(OCCCNC(=O)OC(C)(C)C)c1. The molecular weight excluding hydrogens is 298 g/mol. The summed E-state index contributed by atoms with van der Waals surface area (Å²) >= 11 is 0. The minimum Gasteiger partial charge on any atom is -0.494 e. The predicted molar refractivity (Wildman–Crippen MR) is 87.5 cm³/mol. The summed E-state index contributed by atoms with van der Waals surface area (Å²) in [5.74, 6) is 0.779. The first-order valence-corrected chi connectivity index (χ1v) is 7.66. The minimum absolute atomic E-state index is 0.265. The van der Waals surface area contributed by atoms with Gasteiger partial charge in [-0.2, -0.15) is 0 Å². The lowest BCUT2D eigenvalue weighted by molar-refractivity contribution is -0.0391. The van der Waals surface area contributed by atoms with Gasteiger partial charge in [0.05, 0.1) is 13.2 Å². The van der Waals surface area contributed by atoms with Crippen LogP contribution in [-0.2, 0) is 20.8 Å². The summed E-state index contributed by atoms with van der Waals surface area (Å²) in [7, 11) is 1.59. The number of alkyl carbamates (subject to hydrolysis) is 1. The van der Waals surface area contributed by atoms with Crippen molar-refractivity contribution in [2.45, 2.75) is 39.4 Å². The minimum atomic E-state index is -0.480. The maximum absolute atomic E-state index is 11.5. The van der Waals surface area contributed by atoms with Crippen LogP contribution in [0.4, 0.5) is 4.79 Å². The van der Waals surface area contributed by atoms with Crippen molar-refractivity contribution in [1.29, 1.82) is 0 Å². The molecule has 1 aromatic rings. The molecule has 0 aliphatic carbocycles. The predicted octanol–water partition coefficient (Wildman–Crippen LogP) is 3.10. The van der Waals surface area contributed by atoms with Crippen LogP contribution in [0.3, 0.4) is 0 Å². The van der Waals surface area contributed by atoms with E-state index in [0.717, 1.165) is 11.3 Å². The lowest BCUT2D eigenvalue weighted by atomic mass is 10.2. The van der Waals surface area contributed by atoms with Crippen LogP contribution in [0, 0.1) is 0 Å². The van der Waals surface area contributed by atoms with Gasteiger partial charge in [0, 0.05) is 13.7 Å². The molecule has 0 unspecified atom stereocenters. The third-order valence-electron chi connectivity index (χ3n) is 2.63. The summed E-state index contributed by atoms with van der Waals surface area (Å²) in [6.45, 7) is 7.26. The average Bonchev–Trinajstić information content (AvgIpc) is 2.46. The topological polar surface area (TPSA) is 66.0 Å². The number of methoxy groups -OCH3 is 1. The Morgan fingerprint density at radius 3 is 2.74 bits per heavy atom. The van der Waals surface area contributed by atoms with E-state index in [4.69, 9.17) is 18.9 Å². The van der Waals surface area contributed by atoms with Gasteiger partial charge < -0.3 is 24.3 Å². The van der Waals surface area contributed by atoms with Crippen LogP contribution in [-0.4, -0.2) is 38.7 Å². The van der Waals surface area contributed by atoms with Gasteiger partial charge in [0.2, 0.25) is 0 Å². The van der Waals surface area contributed by atoms with Gasteiger partial charge in [-0.25, -0.2) is 4.79 Å². The monoisotopic (exact) mass is 325 g/mol. The smallest absolute Gasteiger partial charge is 0.407 e. The van der Waals surface area contributed by atoms with Gasteiger partial charge in [-0.3, -0.25) is 0 Å². The molecular formula is C17H27NO5. The van der Waals surface area contributed by atoms with Gasteiger partial charge in [-0.05, 0) is 44.9 Å². The van der Waals surface area contributed by atoms with Crippen molar-refractivity contribution in [3.8, 4) is 5.75 Å². The zero-order chi connectivity index (χ0) is 17.1. The normalized spacial score (nSPS) is 11.1. The molecule has 1 aromatic carbocycles. The lowest BCUT2D eigenvalue weighted by Gasteiger charge is -2.19.